The van der Waals surface area contributed by atoms with Gasteiger partial charge < -0.3 is 0 Å². The maximum absolute atomic E-state index is 5.74. The molecule has 0 aliphatic rings. The van der Waals surface area contributed by atoms with Crippen molar-refractivity contribution in [3.8, 4) is 0 Å². The van der Waals surface area contributed by atoms with Crippen LogP contribution >= 0.6 is 57.9 Å². The van der Waals surface area contributed by atoms with E-state index in [0.717, 1.165) is 10.1 Å². The van der Waals surface area contributed by atoms with Crippen molar-refractivity contribution in [1.82, 2.24) is 4.98 Å². The number of nitrogens with zero attached hydrogens (tertiary/aromatic N) is 1. The van der Waals surface area contributed by atoms with Crippen LogP contribution in [0.25, 0.3) is 0 Å². The first-order valence-corrected chi connectivity index (χ1v) is 6.42. The second kappa shape index (κ2) is 6.14. The third kappa shape index (κ3) is 4.56. The first-order chi connectivity index (χ1) is 6.20. The summed E-state index contributed by atoms with van der Waals surface area (Å²) in [6.45, 7) is 0. The van der Waals surface area contributed by atoms with Gasteiger partial charge in [0.25, 0.3) is 0 Å². The van der Waals surface area contributed by atoms with Gasteiger partial charge in [0.1, 0.15) is 8.83 Å². The van der Waals surface area contributed by atoms with E-state index in [-0.39, 0.29) is 4.49 Å². The molecule has 1 aromatic rings. The zero-order chi connectivity index (χ0) is 9.68. The lowest BCUT2D eigenvalue weighted by atomic mass is 10.5. The summed E-state index contributed by atoms with van der Waals surface area (Å²) in [5, 5.41) is 2.45. The summed E-state index contributed by atoms with van der Waals surface area (Å²) in [7, 11) is 0. The number of hydrogen-bond acceptors (Lipinski definition) is 3. The Hall–Kier alpha value is 0.590. The minimum absolute atomic E-state index is 0.154. The minimum atomic E-state index is 0.154. The van der Waals surface area contributed by atoms with Crippen LogP contribution in [0.5, 0.6) is 0 Å². The van der Waals surface area contributed by atoms with E-state index in [4.69, 9.17) is 34.8 Å². The highest BCUT2D eigenvalue weighted by molar-refractivity contribution is 8.01. The summed E-state index contributed by atoms with van der Waals surface area (Å²) in [6, 6.07) is 0. The molecule has 0 bridgehead atoms. The molecule has 1 aromatic heterocycles. The summed E-state index contributed by atoms with van der Waals surface area (Å²) >= 11 is 20.0. The van der Waals surface area contributed by atoms with E-state index in [0.29, 0.717) is 11.5 Å². The second-order valence-electron chi connectivity index (χ2n) is 2.06. The third-order valence-electron chi connectivity index (χ3n) is 1.16. The topological polar surface area (TPSA) is 12.9 Å². The molecule has 0 saturated carbocycles. The van der Waals surface area contributed by atoms with Crippen LogP contribution in [-0.4, -0.2) is 10.7 Å². The lowest BCUT2D eigenvalue weighted by Gasteiger charge is -1.97. The molecule has 0 spiro atoms. The Morgan fingerprint density at radius 1 is 1.46 bits per heavy atom. The van der Waals surface area contributed by atoms with E-state index in [1.807, 2.05) is 5.38 Å². The monoisotopic (exact) mass is 273 g/mol. The molecular formula is C7H6Cl3NS2. The van der Waals surface area contributed by atoms with Crippen molar-refractivity contribution in [3.63, 3.8) is 0 Å². The number of thiazole rings is 1. The molecule has 0 radical (unpaired) electrons. The smallest absolute Gasteiger partial charge is 0.149 e. The summed E-state index contributed by atoms with van der Waals surface area (Å²) in [6.07, 6.45) is 2.45. The van der Waals surface area contributed by atoms with E-state index < -0.39 is 0 Å². The molecule has 13 heavy (non-hydrogen) atoms. The molecule has 1 heterocycles. The Balaban J connectivity index is 2.26. The van der Waals surface area contributed by atoms with Crippen molar-refractivity contribution in [1.29, 1.82) is 0 Å². The Kier molecular flexibility index (Phi) is 5.51. The molecule has 1 nitrogen and oxygen atoms in total. The van der Waals surface area contributed by atoms with Crippen molar-refractivity contribution in [3.05, 3.63) is 21.1 Å². The summed E-state index contributed by atoms with van der Waals surface area (Å²) in [4.78, 5) is 4.11. The van der Waals surface area contributed by atoms with E-state index >= 15 is 0 Å². The molecule has 0 fully saturated rings. The van der Waals surface area contributed by atoms with Gasteiger partial charge in [0.2, 0.25) is 0 Å². The highest BCUT2D eigenvalue weighted by atomic mass is 35.5. The largest absolute Gasteiger partial charge is 0.238 e. The molecule has 0 atom stereocenters. The van der Waals surface area contributed by atoms with Gasteiger partial charge >= 0.3 is 0 Å². The fourth-order valence-electron chi connectivity index (χ4n) is 0.604. The number of thioether (sulfide) groups is 1. The lowest BCUT2D eigenvalue weighted by molar-refractivity contribution is 1.19. The highest BCUT2D eigenvalue weighted by Crippen LogP contribution is 2.26. The molecule has 6 heteroatoms. The van der Waals surface area contributed by atoms with Gasteiger partial charge in [-0.25, -0.2) is 4.98 Å². The van der Waals surface area contributed by atoms with Gasteiger partial charge in [-0.2, -0.15) is 0 Å². The quantitative estimate of drug-likeness (QED) is 0.749. The average molecular weight is 275 g/mol. The third-order valence-corrected chi connectivity index (χ3v) is 4.16. The van der Waals surface area contributed by atoms with Crippen LogP contribution in [0.2, 0.25) is 0 Å². The van der Waals surface area contributed by atoms with E-state index in [1.165, 1.54) is 0 Å². The molecule has 72 valence electrons. The normalized spacial score (nSPS) is 10.1. The molecule has 0 aliphatic heterocycles. The molecular weight excluding hydrogens is 269 g/mol. The van der Waals surface area contributed by atoms with Gasteiger partial charge in [0.15, 0.2) is 0 Å². The van der Waals surface area contributed by atoms with E-state index in [9.17, 15) is 0 Å². The number of halogens is 3. The summed E-state index contributed by atoms with van der Waals surface area (Å²) in [5.41, 5.74) is 0. The summed E-state index contributed by atoms with van der Waals surface area (Å²) in [5.74, 6) is 0.843. The lowest BCUT2D eigenvalue weighted by Crippen LogP contribution is -1.80. The number of allylic oxidation sites excluding steroid dienone is 1. The van der Waals surface area contributed by atoms with Gasteiger partial charge in [-0.1, -0.05) is 46.6 Å². The first kappa shape index (κ1) is 11.7. The molecule has 0 unspecified atom stereocenters. The predicted molar refractivity (Wildman–Crippen MR) is 62.0 cm³/mol. The Morgan fingerprint density at radius 2 is 2.23 bits per heavy atom. The first-order valence-electron chi connectivity index (χ1n) is 3.42. The van der Waals surface area contributed by atoms with Crippen LogP contribution in [0, 0.1) is 0 Å². The Bertz CT molecular complexity index is 280. The number of hydrogen-bond donors (Lipinski definition) is 0. The maximum Gasteiger partial charge on any atom is 0.149 e. The van der Waals surface area contributed by atoms with Crippen molar-refractivity contribution in [2.24, 2.45) is 0 Å². The highest BCUT2D eigenvalue weighted by Gasteiger charge is 2.01. The fraction of sp³-hybridized carbons (Fsp3) is 0.286. The van der Waals surface area contributed by atoms with Gasteiger partial charge in [-0.3, -0.25) is 0 Å². The minimum Gasteiger partial charge on any atom is -0.238 e. The van der Waals surface area contributed by atoms with Crippen LogP contribution in [0.4, 0.5) is 0 Å². The van der Waals surface area contributed by atoms with Crippen LogP contribution in [0.3, 0.4) is 0 Å². The van der Waals surface area contributed by atoms with Gasteiger partial charge in [-0.15, -0.1) is 11.3 Å². The summed E-state index contributed by atoms with van der Waals surface area (Å²) < 4.78 is 1.19. The molecule has 0 aromatic carbocycles. The Morgan fingerprint density at radius 3 is 2.77 bits per heavy atom. The van der Waals surface area contributed by atoms with Gasteiger partial charge in [0.05, 0.1) is 0 Å². The standard InChI is InChI=1S/C7H6Cl3NS2/c8-5(6(9)10)1-3-12-7-11-2-4-13-7/h2,4H,1,3H2. The number of rotatable bonds is 4. The maximum atomic E-state index is 5.74. The van der Waals surface area contributed by atoms with Crippen molar-refractivity contribution < 1.29 is 0 Å². The van der Waals surface area contributed by atoms with Crippen LogP contribution in [0.15, 0.2) is 25.4 Å². The van der Waals surface area contributed by atoms with Crippen molar-refractivity contribution in [2.45, 2.75) is 10.8 Å². The van der Waals surface area contributed by atoms with E-state index in [2.05, 4.69) is 4.98 Å². The second-order valence-corrected chi connectivity index (χ2v) is 5.70. The van der Waals surface area contributed by atoms with Crippen molar-refractivity contribution in [2.75, 3.05) is 5.75 Å². The van der Waals surface area contributed by atoms with Gasteiger partial charge in [0, 0.05) is 22.4 Å². The van der Waals surface area contributed by atoms with Crippen molar-refractivity contribution >= 4 is 57.9 Å². The predicted octanol–water partition coefficient (Wildman–Crippen LogP) is 4.51. The molecule has 0 amide bonds. The zero-order valence-electron chi connectivity index (χ0n) is 6.47. The SMILES string of the molecule is ClC(Cl)=C(Cl)CCSc1nccs1. The van der Waals surface area contributed by atoms with Crippen LogP contribution < -0.4 is 0 Å². The zero-order valence-corrected chi connectivity index (χ0v) is 10.4. The molecule has 1 rings (SSSR count). The van der Waals surface area contributed by atoms with E-state index in [1.54, 1.807) is 29.3 Å². The molecule has 0 N–H and O–H groups in total. The average Bonchev–Trinajstić information content (AvgIpc) is 2.56. The number of aromatic nitrogens is 1. The molecule has 0 saturated heterocycles. The van der Waals surface area contributed by atoms with Crippen LogP contribution in [0.1, 0.15) is 6.42 Å². The fourth-order valence-corrected chi connectivity index (χ4v) is 2.66. The molecule has 0 aliphatic carbocycles. The van der Waals surface area contributed by atoms with Gasteiger partial charge in [-0.05, 0) is 6.42 Å². The Labute approximate surface area is 100 Å². The van der Waals surface area contributed by atoms with Crippen LogP contribution in [-0.2, 0) is 0 Å².